The molecule has 0 radical (unpaired) electrons. The third kappa shape index (κ3) is 7.14. The van der Waals surface area contributed by atoms with Gasteiger partial charge in [0.1, 0.15) is 12.4 Å². The molecule has 0 unspecified atom stereocenters. The Bertz CT molecular complexity index is 1050. The van der Waals surface area contributed by atoms with Crippen molar-refractivity contribution < 1.29 is 19.1 Å². The number of hydrogen-bond acceptors (Lipinski definition) is 5. The van der Waals surface area contributed by atoms with Gasteiger partial charge in [0.25, 0.3) is 5.91 Å². The van der Waals surface area contributed by atoms with E-state index in [0.717, 1.165) is 11.3 Å². The fraction of sp³-hybridized carbons (Fsp3) is 0.200. The summed E-state index contributed by atoms with van der Waals surface area (Å²) in [5.74, 6) is 0.339. The Labute approximate surface area is 187 Å². The zero-order valence-corrected chi connectivity index (χ0v) is 18.2. The van der Waals surface area contributed by atoms with Gasteiger partial charge in [-0.2, -0.15) is 0 Å². The molecule has 0 atom stereocenters. The molecule has 0 aliphatic carbocycles. The number of aryl methyl sites for hydroxylation is 1. The minimum absolute atomic E-state index is 0.105. The monoisotopic (exact) mass is 433 g/mol. The fourth-order valence-electron chi connectivity index (χ4n) is 2.95. The zero-order valence-electron chi connectivity index (χ0n) is 18.2. The third-order valence-electron chi connectivity index (χ3n) is 4.55. The molecule has 0 bridgehead atoms. The average Bonchev–Trinajstić information content (AvgIpc) is 2.79. The van der Waals surface area contributed by atoms with Crippen molar-refractivity contribution in [1.82, 2.24) is 0 Å². The molecule has 7 nitrogen and oxygen atoms in total. The number of amides is 2. The van der Waals surface area contributed by atoms with Crippen LogP contribution in [-0.2, 0) is 9.53 Å². The van der Waals surface area contributed by atoms with Crippen molar-refractivity contribution in [2.75, 3.05) is 42.8 Å². The summed E-state index contributed by atoms with van der Waals surface area (Å²) in [7, 11) is 1.62. The van der Waals surface area contributed by atoms with Crippen LogP contribution in [0.15, 0.2) is 72.8 Å². The lowest BCUT2D eigenvalue weighted by atomic mass is 10.1. The van der Waals surface area contributed by atoms with Crippen molar-refractivity contribution in [3.63, 3.8) is 0 Å². The van der Waals surface area contributed by atoms with Crippen molar-refractivity contribution >= 4 is 28.9 Å². The SMILES string of the molecule is COCCOc1cccc(NCC(=O)Nc2ccc(NC(=O)c3cccc(C)c3)cc2)c1. The molecule has 32 heavy (non-hydrogen) atoms. The van der Waals surface area contributed by atoms with Crippen LogP contribution in [0.2, 0.25) is 0 Å². The summed E-state index contributed by atoms with van der Waals surface area (Å²) < 4.78 is 10.5. The Hall–Kier alpha value is -3.84. The quantitative estimate of drug-likeness (QED) is 0.414. The van der Waals surface area contributed by atoms with E-state index in [0.29, 0.717) is 35.9 Å². The average molecular weight is 434 g/mol. The number of nitrogens with one attached hydrogen (secondary N) is 3. The number of anilines is 3. The molecule has 0 saturated carbocycles. The smallest absolute Gasteiger partial charge is 0.255 e. The van der Waals surface area contributed by atoms with Gasteiger partial charge in [-0.25, -0.2) is 0 Å². The molecule has 3 aromatic carbocycles. The van der Waals surface area contributed by atoms with Crippen LogP contribution in [0.25, 0.3) is 0 Å². The molecule has 0 saturated heterocycles. The first-order chi connectivity index (χ1) is 15.5. The van der Waals surface area contributed by atoms with Gasteiger partial charge in [0.15, 0.2) is 0 Å². The predicted octanol–water partition coefficient (Wildman–Crippen LogP) is 4.32. The van der Waals surface area contributed by atoms with Crippen molar-refractivity contribution in [1.29, 1.82) is 0 Å². The normalized spacial score (nSPS) is 10.3. The number of benzene rings is 3. The molecule has 0 heterocycles. The van der Waals surface area contributed by atoms with Crippen molar-refractivity contribution in [2.45, 2.75) is 6.92 Å². The van der Waals surface area contributed by atoms with Gasteiger partial charge in [0, 0.05) is 35.8 Å². The third-order valence-corrected chi connectivity index (χ3v) is 4.55. The van der Waals surface area contributed by atoms with E-state index >= 15 is 0 Å². The van der Waals surface area contributed by atoms with Crippen LogP contribution in [0.3, 0.4) is 0 Å². The Kier molecular flexibility index (Phi) is 8.22. The summed E-state index contributed by atoms with van der Waals surface area (Å²) in [6.07, 6.45) is 0. The van der Waals surface area contributed by atoms with E-state index in [2.05, 4.69) is 16.0 Å². The Balaban J connectivity index is 1.47. The molecule has 3 aromatic rings. The van der Waals surface area contributed by atoms with Gasteiger partial charge in [-0.15, -0.1) is 0 Å². The van der Waals surface area contributed by atoms with E-state index in [9.17, 15) is 9.59 Å². The van der Waals surface area contributed by atoms with E-state index in [1.807, 2.05) is 49.4 Å². The second kappa shape index (κ2) is 11.5. The van der Waals surface area contributed by atoms with Crippen molar-refractivity contribution in [3.8, 4) is 5.75 Å². The van der Waals surface area contributed by atoms with Gasteiger partial charge in [-0.1, -0.05) is 23.8 Å². The molecular weight excluding hydrogens is 406 g/mol. The molecule has 2 amide bonds. The van der Waals surface area contributed by atoms with Crippen molar-refractivity contribution in [3.05, 3.63) is 83.9 Å². The number of hydrogen-bond donors (Lipinski definition) is 3. The lowest BCUT2D eigenvalue weighted by molar-refractivity contribution is -0.114. The van der Waals surface area contributed by atoms with Gasteiger partial charge < -0.3 is 25.4 Å². The highest BCUT2D eigenvalue weighted by molar-refractivity contribution is 6.04. The number of methoxy groups -OCH3 is 1. The first-order valence-corrected chi connectivity index (χ1v) is 10.3. The van der Waals surface area contributed by atoms with Crippen LogP contribution in [0.5, 0.6) is 5.75 Å². The van der Waals surface area contributed by atoms with E-state index in [1.165, 1.54) is 0 Å². The van der Waals surface area contributed by atoms with E-state index < -0.39 is 0 Å². The summed E-state index contributed by atoms with van der Waals surface area (Å²) in [6.45, 7) is 3.01. The molecule has 0 aliphatic heterocycles. The minimum Gasteiger partial charge on any atom is -0.491 e. The molecule has 0 fully saturated rings. The molecule has 0 aliphatic rings. The topological polar surface area (TPSA) is 88.7 Å². The molecule has 7 heteroatoms. The summed E-state index contributed by atoms with van der Waals surface area (Å²) in [4.78, 5) is 24.6. The molecule has 3 rings (SSSR count). The van der Waals surface area contributed by atoms with Gasteiger partial charge in [0.2, 0.25) is 5.91 Å². The zero-order chi connectivity index (χ0) is 22.8. The Morgan fingerprint density at radius 1 is 0.812 bits per heavy atom. The van der Waals surface area contributed by atoms with Crippen LogP contribution in [0.1, 0.15) is 15.9 Å². The second-order valence-electron chi connectivity index (χ2n) is 7.17. The highest BCUT2D eigenvalue weighted by Gasteiger charge is 2.07. The summed E-state index contributed by atoms with van der Waals surface area (Å²) in [5, 5.41) is 8.75. The number of carbonyl (C=O) groups excluding carboxylic acids is 2. The lowest BCUT2D eigenvalue weighted by Gasteiger charge is -2.11. The molecular formula is C25H27N3O4. The summed E-state index contributed by atoms with van der Waals surface area (Å²) >= 11 is 0. The van der Waals surface area contributed by atoms with Gasteiger partial charge >= 0.3 is 0 Å². The minimum atomic E-state index is -0.188. The maximum absolute atomic E-state index is 12.3. The predicted molar refractivity (Wildman–Crippen MR) is 127 cm³/mol. The molecule has 166 valence electrons. The second-order valence-corrected chi connectivity index (χ2v) is 7.17. The summed E-state index contributed by atoms with van der Waals surface area (Å²) in [6, 6.07) is 21.8. The van der Waals surface area contributed by atoms with Crippen LogP contribution in [0, 0.1) is 6.92 Å². The van der Waals surface area contributed by atoms with Crippen LogP contribution >= 0.6 is 0 Å². The van der Waals surface area contributed by atoms with E-state index in [1.54, 1.807) is 37.4 Å². The van der Waals surface area contributed by atoms with Crippen LogP contribution in [-0.4, -0.2) is 38.7 Å². The highest BCUT2D eigenvalue weighted by Crippen LogP contribution is 2.18. The van der Waals surface area contributed by atoms with E-state index in [-0.39, 0.29) is 18.4 Å². The largest absolute Gasteiger partial charge is 0.491 e. The molecule has 0 aromatic heterocycles. The first kappa shape index (κ1) is 22.8. The van der Waals surface area contributed by atoms with Gasteiger partial charge in [0.05, 0.1) is 13.2 Å². The Morgan fingerprint density at radius 3 is 2.25 bits per heavy atom. The van der Waals surface area contributed by atoms with Gasteiger partial charge in [-0.05, 0) is 55.5 Å². The van der Waals surface area contributed by atoms with Crippen LogP contribution < -0.4 is 20.7 Å². The van der Waals surface area contributed by atoms with Crippen LogP contribution in [0.4, 0.5) is 17.1 Å². The Morgan fingerprint density at radius 2 is 1.53 bits per heavy atom. The van der Waals surface area contributed by atoms with Gasteiger partial charge in [-0.3, -0.25) is 9.59 Å². The highest BCUT2D eigenvalue weighted by atomic mass is 16.5. The fourth-order valence-corrected chi connectivity index (χ4v) is 2.95. The first-order valence-electron chi connectivity index (χ1n) is 10.3. The lowest BCUT2D eigenvalue weighted by Crippen LogP contribution is -2.21. The molecule has 3 N–H and O–H groups in total. The maximum atomic E-state index is 12.3. The molecule has 0 spiro atoms. The number of rotatable bonds is 10. The number of ether oxygens (including phenoxy) is 2. The van der Waals surface area contributed by atoms with Crippen molar-refractivity contribution in [2.24, 2.45) is 0 Å². The maximum Gasteiger partial charge on any atom is 0.255 e. The number of carbonyl (C=O) groups is 2. The van der Waals surface area contributed by atoms with E-state index in [4.69, 9.17) is 9.47 Å². The summed E-state index contributed by atoms with van der Waals surface area (Å²) in [5.41, 5.74) is 3.69. The standard InChI is InChI=1S/C25H27N3O4/c1-18-5-3-6-19(15-18)25(30)28-21-11-9-20(10-12-21)27-24(29)17-26-22-7-4-8-23(16-22)32-14-13-31-2/h3-12,15-16,26H,13-14,17H2,1-2H3,(H,27,29)(H,28,30).